The summed E-state index contributed by atoms with van der Waals surface area (Å²) < 4.78 is 5.56. The van der Waals surface area contributed by atoms with Gasteiger partial charge in [0.2, 0.25) is 5.89 Å². The van der Waals surface area contributed by atoms with Crippen molar-refractivity contribution in [1.82, 2.24) is 15.0 Å². The Hall–Kier alpha value is -2.11. The monoisotopic (exact) mass is 289 g/mol. The van der Waals surface area contributed by atoms with E-state index in [2.05, 4.69) is 32.5 Å². The minimum Gasteiger partial charge on any atom is -0.444 e. The number of hydrogen-bond acceptors (Lipinski definition) is 6. The molecule has 0 spiro atoms. The van der Waals surface area contributed by atoms with Crippen LogP contribution in [0.25, 0.3) is 0 Å². The second-order valence-corrected chi connectivity index (χ2v) is 5.02. The molecule has 0 fully saturated rings. The molecule has 2 rings (SSSR count). The van der Waals surface area contributed by atoms with Gasteiger partial charge in [-0.05, 0) is 27.7 Å². The fourth-order valence-electron chi connectivity index (χ4n) is 2.04. The van der Waals surface area contributed by atoms with E-state index in [0.717, 1.165) is 41.7 Å². The number of oxazole rings is 1. The van der Waals surface area contributed by atoms with Gasteiger partial charge >= 0.3 is 0 Å². The van der Waals surface area contributed by atoms with E-state index in [9.17, 15) is 0 Å². The van der Waals surface area contributed by atoms with E-state index in [1.807, 2.05) is 27.7 Å². The molecule has 2 N–H and O–H groups in total. The average molecular weight is 289 g/mol. The molecule has 6 nitrogen and oxygen atoms in total. The van der Waals surface area contributed by atoms with E-state index in [4.69, 9.17) is 4.42 Å². The molecule has 0 radical (unpaired) electrons. The molecule has 0 bridgehead atoms. The largest absolute Gasteiger partial charge is 0.444 e. The molecule has 2 heterocycles. The van der Waals surface area contributed by atoms with Crippen molar-refractivity contribution in [3.8, 4) is 0 Å². The van der Waals surface area contributed by atoms with Gasteiger partial charge in [0.15, 0.2) is 0 Å². The van der Waals surface area contributed by atoms with Crippen LogP contribution in [-0.2, 0) is 6.42 Å². The van der Waals surface area contributed by atoms with Gasteiger partial charge < -0.3 is 15.1 Å². The average Bonchev–Trinajstić information content (AvgIpc) is 2.90. The maximum Gasteiger partial charge on any atom is 0.216 e. The Morgan fingerprint density at radius 2 is 1.90 bits per heavy atom. The Kier molecular flexibility index (Phi) is 4.77. The van der Waals surface area contributed by atoms with Crippen LogP contribution in [0.2, 0.25) is 0 Å². The van der Waals surface area contributed by atoms with E-state index in [-0.39, 0.29) is 6.04 Å². The van der Waals surface area contributed by atoms with Crippen molar-refractivity contribution in [2.45, 2.75) is 47.1 Å². The Morgan fingerprint density at radius 3 is 2.48 bits per heavy atom. The van der Waals surface area contributed by atoms with Crippen molar-refractivity contribution < 1.29 is 4.42 Å². The van der Waals surface area contributed by atoms with Gasteiger partial charge in [-0.3, -0.25) is 0 Å². The lowest BCUT2D eigenvalue weighted by molar-refractivity contribution is 0.453. The van der Waals surface area contributed by atoms with Gasteiger partial charge in [-0.1, -0.05) is 6.92 Å². The van der Waals surface area contributed by atoms with E-state index in [0.29, 0.717) is 5.89 Å². The maximum absolute atomic E-state index is 5.56. The number of anilines is 2. The molecule has 0 aromatic carbocycles. The lowest BCUT2D eigenvalue weighted by atomic mass is 10.2. The molecular weight excluding hydrogens is 266 g/mol. The second kappa shape index (κ2) is 6.56. The summed E-state index contributed by atoms with van der Waals surface area (Å²) in [6.45, 7) is 10.8. The van der Waals surface area contributed by atoms with Crippen LogP contribution in [0.1, 0.15) is 49.9 Å². The number of nitrogens with zero attached hydrogens (tertiary/aromatic N) is 3. The zero-order valence-electron chi connectivity index (χ0n) is 13.3. The van der Waals surface area contributed by atoms with Gasteiger partial charge in [0.05, 0.1) is 6.20 Å². The van der Waals surface area contributed by atoms with Crippen molar-refractivity contribution in [2.75, 3.05) is 17.2 Å². The molecule has 0 aliphatic carbocycles. The first-order chi connectivity index (χ1) is 10.0. The molecule has 1 unspecified atom stereocenters. The summed E-state index contributed by atoms with van der Waals surface area (Å²) in [5.74, 6) is 3.98. The standard InChI is InChI=1S/C15H23N5O/c1-6-12-19-13(16-7-2)10(4)14(20-12)18-11(5)15-17-8-9(3)21-15/h8,11H,6-7H2,1-5H3,(H2,16,18,19,20). The predicted octanol–water partition coefficient (Wildman–Crippen LogP) is 3.25. The summed E-state index contributed by atoms with van der Waals surface area (Å²) in [5.41, 5.74) is 1.00. The molecule has 0 aliphatic heterocycles. The highest BCUT2D eigenvalue weighted by atomic mass is 16.4. The number of rotatable bonds is 6. The molecule has 1 atom stereocenters. The summed E-state index contributed by atoms with van der Waals surface area (Å²) >= 11 is 0. The molecule has 0 aliphatic rings. The Balaban J connectivity index is 2.27. The predicted molar refractivity (Wildman–Crippen MR) is 83.6 cm³/mol. The summed E-state index contributed by atoms with van der Waals surface area (Å²) in [6, 6.07) is -0.0496. The fourth-order valence-corrected chi connectivity index (χ4v) is 2.04. The first-order valence-electron chi connectivity index (χ1n) is 7.35. The summed E-state index contributed by atoms with van der Waals surface area (Å²) in [6.07, 6.45) is 2.52. The SMILES string of the molecule is CCNc1nc(CC)nc(NC(C)c2ncc(C)o2)c1C. The first kappa shape index (κ1) is 15.3. The van der Waals surface area contributed by atoms with Crippen LogP contribution in [0, 0.1) is 13.8 Å². The van der Waals surface area contributed by atoms with Crippen LogP contribution < -0.4 is 10.6 Å². The number of aromatic nitrogens is 3. The van der Waals surface area contributed by atoms with Gasteiger partial charge in [-0.2, -0.15) is 0 Å². The molecular formula is C15H23N5O. The molecule has 0 saturated carbocycles. The van der Waals surface area contributed by atoms with Gasteiger partial charge in [-0.25, -0.2) is 15.0 Å². The summed E-state index contributed by atoms with van der Waals surface area (Å²) in [7, 11) is 0. The Morgan fingerprint density at radius 1 is 1.19 bits per heavy atom. The third-order valence-corrected chi connectivity index (χ3v) is 3.22. The molecule has 2 aromatic rings. The van der Waals surface area contributed by atoms with Gasteiger partial charge in [0, 0.05) is 18.5 Å². The van der Waals surface area contributed by atoms with E-state index < -0.39 is 0 Å². The second-order valence-electron chi connectivity index (χ2n) is 5.02. The number of hydrogen-bond donors (Lipinski definition) is 2. The Labute approximate surface area is 125 Å². The quantitative estimate of drug-likeness (QED) is 0.850. The van der Waals surface area contributed by atoms with Crippen LogP contribution in [0.4, 0.5) is 11.6 Å². The molecule has 114 valence electrons. The van der Waals surface area contributed by atoms with Crippen molar-refractivity contribution >= 4 is 11.6 Å². The summed E-state index contributed by atoms with van der Waals surface area (Å²) in [5, 5.41) is 6.64. The molecule has 0 amide bonds. The highest BCUT2D eigenvalue weighted by Gasteiger charge is 2.16. The van der Waals surface area contributed by atoms with Gasteiger partial charge in [0.1, 0.15) is 29.3 Å². The topological polar surface area (TPSA) is 75.9 Å². The van der Waals surface area contributed by atoms with Crippen molar-refractivity contribution in [2.24, 2.45) is 0 Å². The molecule has 0 saturated heterocycles. The maximum atomic E-state index is 5.56. The van der Waals surface area contributed by atoms with Crippen LogP contribution in [0.15, 0.2) is 10.6 Å². The zero-order valence-corrected chi connectivity index (χ0v) is 13.3. The highest BCUT2D eigenvalue weighted by Crippen LogP contribution is 2.24. The van der Waals surface area contributed by atoms with Crippen molar-refractivity contribution in [1.29, 1.82) is 0 Å². The van der Waals surface area contributed by atoms with Crippen LogP contribution in [0.5, 0.6) is 0 Å². The molecule has 2 aromatic heterocycles. The summed E-state index contributed by atoms with van der Waals surface area (Å²) in [4.78, 5) is 13.4. The third kappa shape index (κ3) is 3.51. The van der Waals surface area contributed by atoms with Crippen molar-refractivity contribution in [3.05, 3.63) is 29.2 Å². The normalized spacial score (nSPS) is 12.2. The fraction of sp³-hybridized carbons (Fsp3) is 0.533. The van der Waals surface area contributed by atoms with E-state index >= 15 is 0 Å². The number of aryl methyl sites for hydroxylation is 2. The smallest absolute Gasteiger partial charge is 0.216 e. The van der Waals surface area contributed by atoms with Gasteiger partial charge in [0.25, 0.3) is 0 Å². The zero-order chi connectivity index (χ0) is 15.4. The van der Waals surface area contributed by atoms with E-state index in [1.165, 1.54) is 0 Å². The van der Waals surface area contributed by atoms with Crippen molar-refractivity contribution in [3.63, 3.8) is 0 Å². The highest BCUT2D eigenvalue weighted by molar-refractivity contribution is 5.57. The van der Waals surface area contributed by atoms with Crippen LogP contribution >= 0.6 is 0 Å². The third-order valence-electron chi connectivity index (χ3n) is 3.22. The lowest BCUT2D eigenvalue weighted by Crippen LogP contribution is -2.13. The van der Waals surface area contributed by atoms with Gasteiger partial charge in [-0.15, -0.1) is 0 Å². The molecule has 6 heteroatoms. The number of nitrogens with one attached hydrogen (secondary N) is 2. The lowest BCUT2D eigenvalue weighted by Gasteiger charge is -2.16. The molecule has 21 heavy (non-hydrogen) atoms. The minimum absolute atomic E-state index is 0.0496. The first-order valence-corrected chi connectivity index (χ1v) is 7.35. The van der Waals surface area contributed by atoms with Crippen LogP contribution in [0.3, 0.4) is 0 Å². The van der Waals surface area contributed by atoms with E-state index in [1.54, 1.807) is 6.20 Å². The van der Waals surface area contributed by atoms with Crippen LogP contribution in [-0.4, -0.2) is 21.5 Å². The minimum atomic E-state index is -0.0496. The Bertz CT molecular complexity index is 608.